The van der Waals surface area contributed by atoms with Gasteiger partial charge in [-0.25, -0.2) is 0 Å². The van der Waals surface area contributed by atoms with E-state index in [0.717, 1.165) is 29.2 Å². The Labute approximate surface area is 158 Å². The summed E-state index contributed by atoms with van der Waals surface area (Å²) < 4.78 is 0. The topological polar surface area (TPSA) is 24.4 Å². The molecule has 1 saturated heterocycles. The highest BCUT2D eigenvalue weighted by Gasteiger charge is 2.51. The molecule has 1 N–H and O–H groups in total. The summed E-state index contributed by atoms with van der Waals surface area (Å²) in [6.07, 6.45) is 3.11. The monoisotopic (exact) mass is 370 g/mol. The van der Waals surface area contributed by atoms with E-state index in [1.807, 2.05) is 24.3 Å². The fourth-order valence-corrected chi connectivity index (χ4v) is 4.83. The predicted molar refractivity (Wildman–Crippen MR) is 107 cm³/mol. The number of piperidine rings is 1. The van der Waals surface area contributed by atoms with Gasteiger partial charge in [-0.15, -0.1) is 0 Å². The molecule has 0 aromatic heterocycles. The number of hydrogen-bond donors (Lipinski definition) is 1. The number of halogens is 2. The van der Waals surface area contributed by atoms with Crippen LogP contribution >= 0.6 is 23.2 Å². The maximum Gasteiger partial charge on any atom is 0.0683 e. The van der Waals surface area contributed by atoms with E-state index in [9.17, 15) is 0 Å². The Hall–Kier alpha value is -1.61. The molecule has 25 heavy (non-hydrogen) atoms. The Balaban J connectivity index is 1.93. The lowest BCUT2D eigenvalue weighted by atomic mass is 9.60. The van der Waals surface area contributed by atoms with Crippen LogP contribution in [0.5, 0.6) is 0 Å². The quantitative estimate of drug-likeness (QED) is 0.676. The molecule has 4 heteroatoms. The van der Waals surface area contributed by atoms with Gasteiger partial charge in [-0.2, -0.15) is 0 Å². The van der Waals surface area contributed by atoms with Crippen LogP contribution in [0.1, 0.15) is 30.4 Å². The van der Waals surface area contributed by atoms with E-state index < -0.39 is 0 Å². The first-order chi connectivity index (χ1) is 12.0. The SMILES string of the molecule is C=C(C)[C@H]1NCC[C@@H](c2cccc(Cl)c2)[C@]12C=Nc1cc(Cl)ccc12. The second-order valence-electron chi connectivity index (χ2n) is 6.98. The van der Waals surface area contributed by atoms with E-state index in [-0.39, 0.29) is 17.4 Å². The second-order valence-corrected chi connectivity index (χ2v) is 7.86. The van der Waals surface area contributed by atoms with Crippen molar-refractivity contribution in [3.8, 4) is 0 Å². The van der Waals surface area contributed by atoms with E-state index in [0.29, 0.717) is 5.02 Å². The maximum absolute atomic E-state index is 6.29. The summed E-state index contributed by atoms with van der Waals surface area (Å²) >= 11 is 12.5. The molecule has 2 aromatic carbocycles. The molecule has 0 unspecified atom stereocenters. The van der Waals surface area contributed by atoms with Crippen molar-refractivity contribution in [3.63, 3.8) is 0 Å². The minimum absolute atomic E-state index is 0.122. The average Bonchev–Trinajstić information content (AvgIpc) is 2.93. The van der Waals surface area contributed by atoms with Gasteiger partial charge in [0.25, 0.3) is 0 Å². The van der Waals surface area contributed by atoms with Gasteiger partial charge in [-0.1, -0.05) is 53.6 Å². The first kappa shape index (κ1) is 16.8. The van der Waals surface area contributed by atoms with Crippen LogP contribution in [-0.2, 0) is 5.41 Å². The first-order valence-corrected chi connectivity index (χ1v) is 9.27. The van der Waals surface area contributed by atoms with Crippen LogP contribution in [-0.4, -0.2) is 18.8 Å². The molecule has 3 atom stereocenters. The number of aliphatic imine (C=N–C) groups is 1. The minimum atomic E-state index is -0.269. The van der Waals surface area contributed by atoms with E-state index in [1.165, 1.54) is 11.1 Å². The van der Waals surface area contributed by atoms with Gasteiger partial charge in [0.05, 0.1) is 11.1 Å². The molecule has 2 nitrogen and oxygen atoms in total. The molecule has 2 aromatic rings. The van der Waals surface area contributed by atoms with Crippen molar-refractivity contribution in [2.45, 2.75) is 30.7 Å². The normalized spacial score (nSPS) is 27.5. The number of fused-ring (bicyclic) bond motifs is 2. The average molecular weight is 371 g/mol. The van der Waals surface area contributed by atoms with Crippen LogP contribution in [0.3, 0.4) is 0 Å². The van der Waals surface area contributed by atoms with Crippen LogP contribution in [0, 0.1) is 0 Å². The summed E-state index contributed by atoms with van der Waals surface area (Å²) in [4.78, 5) is 4.74. The van der Waals surface area contributed by atoms with E-state index in [2.05, 4.69) is 43.2 Å². The maximum atomic E-state index is 6.29. The minimum Gasteiger partial charge on any atom is -0.309 e. The zero-order valence-corrected chi connectivity index (χ0v) is 15.6. The Morgan fingerprint density at radius 1 is 1.20 bits per heavy atom. The smallest absolute Gasteiger partial charge is 0.0683 e. The summed E-state index contributed by atoms with van der Waals surface area (Å²) in [6.45, 7) is 7.28. The zero-order valence-electron chi connectivity index (χ0n) is 14.1. The Kier molecular flexibility index (Phi) is 4.23. The third kappa shape index (κ3) is 2.64. The molecule has 2 aliphatic heterocycles. The number of rotatable bonds is 2. The van der Waals surface area contributed by atoms with Crippen molar-refractivity contribution in [2.75, 3.05) is 6.54 Å². The standard InChI is InChI=1S/C21H20Cl2N2/c1-13(2)20-21(12-25-19-11-16(23)6-7-18(19)21)17(8-9-24-20)14-4-3-5-15(22)10-14/h3-7,10-12,17,20,24H,1,8-9H2,2H3/t17-,20+,21-/m0/s1. The molecular formula is C21H20Cl2N2. The third-order valence-corrected chi connectivity index (χ3v) is 5.89. The van der Waals surface area contributed by atoms with Crippen molar-refractivity contribution in [3.05, 3.63) is 75.8 Å². The van der Waals surface area contributed by atoms with Crippen LogP contribution in [0.15, 0.2) is 59.6 Å². The van der Waals surface area contributed by atoms with Crippen molar-refractivity contribution in [1.82, 2.24) is 5.32 Å². The largest absolute Gasteiger partial charge is 0.309 e. The molecule has 2 aliphatic rings. The highest BCUT2D eigenvalue weighted by Crippen LogP contribution is 2.52. The van der Waals surface area contributed by atoms with Gasteiger partial charge in [0.1, 0.15) is 0 Å². The highest BCUT2D eigenvalue weighted by molar-refractivity contribution is 6.31. The van der Waals surface area contributed by atoms with Crippen LogP contribution in [0.2, 0.25) is 10.0 Å². The molecule has 4 rings (SSSR count). The van der Waals surface area contributed by atoms with Crippen LogP contribution in [0.4, 0.5) is 5.69 Å². The molecular weight excluding hydrogens is 351 g/mol. The number of nitrogens with one attached hydrogen (secondary N) is 1. The second kappa shape index (κ2) is 6.28. The van der Waals surface area contributed by atoms with Crippen molar-refractivity contribution in [1.29, 1.82) is 0 Å². The zero-order chi connectivity index (χ0) is 17.6. The Bertz CT molecular complexity index is 874. The number of nitrogens with zero attached hydrogens (tertiary/aromatic N) is 1. The number of hydrogen-bond acceptors (Lipinski definition) is 2. The van der Waals surface area contributed by atoms with Crippen molar-refractivity contribution < 1.29 is 0 Å². The van der Waals surface area contributed by atoms with Gasteiger partial charge < -0.3 is 5.32 Å². The van der Waals surface area contributed by atoms with E-state index >= 15 is 0 Å². The summed E-state index contributed by atoms with van der Waals surface area (Å²) in [7, 11) is 0. The summed E-state index contributed by atoms with van der Waals surface area (Å²) in [6, 6.07) is 14.3. The lowest BCUT2D eigenvalue weighted by Gasteiger charge is -2.47. The lowest BCUT2D eigenvalue weighted by molar-refractivity contribution is 0.294. The summed E-state index contributed by atoms with van der Waals surface area (Å²) in [5.41, 5.74) is 4.25. The summed E-state index contributed by atoms with van der Waals surface area (Å²) in [5.74, 6) is 0.278. The lowest BCUT2D eigenvalue weighted by Crippen LogP contribution is -2.57. The van der Waals surface area contributed by atoms with Crippen molar-refractivity contribution >= 4 is 35.1 Å². The molecule has 0 saturated carbocycles. The van der Waals surface area contributed by atoms with Gasteiger partial charge in [0.2, 0.25) is 0 Å². The molecule has 0 aliphatic carbocycles. The Morgan fingerprint density at radius 2 is 2.00 bits per heavy atom. The van der Waals surface area contributed by atoms with Gasteiger partial charge in [-0.3, -0.25) is 4.99 Å². The molecule has 0 bridgehead atoms. The van der Waals surface area contributed by atoms with Gasteiger partial charge in [-0.05, 0) is 55.3 Å². The highest BCUT2D eigenvalue weighted by atomic mass is 35.5. The van der Waals surface area contributed by atoms with Gasteiger partial charge in [0, 0.05) is 28.2 Å². The number of benzene rings is 2. The van der Waals surface area contributed by atoms with Crippen molar-refractivity contribution in [2.24, 2.45) is 4.99 Å². The molecule has 1 fully saturated rings. The van der Waals surface area contributed by atoms with E-state index in [1.54, 1.807) is 0 Å². The molecule has 128 valence electrons. The first-order valence-electron chi connectivity index (χ1n) is 8.52. The van der Waals surface area contributed by atoms with E-state index in [4.69, 9.17) is 28.2 Å². The summed E-state index contributed by atoms with van der Waals surface area (Å²) in [5, 5.41) is 5.14. The molecule has 0 radical (unpaired) electrons. The third-order valence-electron chi connectivity index (χ3n) is 5.42. The molecule has 0 amide bonds. The fourth-order valence-electron chi connectivity index (χ4n) is 4.46. The molecule has 1 spiro atoms. The van der Waals surface area contributed by atoms with Gasteiger partial charge >= 0.3 is 0 Å². The Morgan fingerprint density at radius 3 is 2.76 bits per heavy atom. The van der Waals surface area contributed by atoms with Gasteiger partial charge in [0.15, 0.2) is 0 Å². The van der Waals surface area contributed by atoms with Crippen LogP contribution < -0.4 is 5.32 Å². The van der Waals surface area contributed by atoms with Crippen LogP contribution in [0.25, 0.3) is 0 Å². The fraction of sp³-hybridized carbons (Fsp3) is 0.286. The molecule has 2 heterocycles. The predicted octanol–water partition coefficient (Wildman–Crippen LogP) is 5.67.